The van der Waals surface area contributed by atoms with Crippen molar-refractivity contribution in [1.29, 1.82) is 0 Å². The van der Waals surface area contributed by atoms with Gasteiger partial charge in [0.05, 0.1) is 6.54 Å². The second kappa shape index (κ2) is 5.21. The molecule has 4 heteroatoms. The van der Waals surface area contributed by atoms with Gasteiger partial charge in [0.2, 0.25) is 0 Å². The molecule has 1 aromatic carbocycles. The third kappa shape index (κ3) is 2.70. The van der Waals surface area contributed by atoms with E-state index in [9.17, 15) is 9.59 Å². The Kier molecular flexibility index (Phi) is 3.65. The summed E-state index contributed by atoms with van der Waals surface area (Å²) in [4.78, 5) is 25.2. The molecule has 0 radical (unpaired) electrons. The number of carbonyl (C=O) groups is 2. The maximum absolute atomic E-state index is 12.1. The van der Waals surface area contributed by atoms with Crippen molar-refractivity contribution in [3.8, 4) is 0 Å². The second-order valence-corrected chi connectivity index (χ2v) is 5.04. The van der Waals surface area contributed by atoms with Crippen molar-refractivity contribution in [1.82, 2.24) is 10.2 Å². The average molecular weight is 246 g/mol. The van der Waals surface area contributed by atoms with Gasteiger partial charge in [-0.05, 0) is 17.9 Å². The van der Waals surface area contributed by atoms with E-state index in [0.717, 1.165) is 5.56 Å². The summed E-state index contributed by atoms with van der Waals surface area (Å²) in [5.74, 6) is 0.272. The summed E-state index contributed by atoms with van der Waals surface area (Å²) < 4.78 is 0. The first-order valence-electron chi connectivity index (χ1n) is 6.23. The second-order valence-electron chi connectivity index (χ2n) is 5.04. The molecule has 0 aromatic heterocycles. The van der Waals surface area contributed by atoms with Crippen LogP contribution in [0.2, 0.25) is 0 Å². The molecule has 0 aliphatic carbocycles. The summed E-state index contributed by atoms with van der Waals surface area (Å²) >= 11 is 0. The Morgan fingerprint density at radius 1 is 1.22 bits per heavy atom. The number of hydrogen-bond acceptors (Lipinski definition) is 2. The molecule has 0 saturated carbocycles. The number of benzene rings is 1. The lowest BCUT2D eigenvalue weighted by atomic mass is 10.0. The van der Waals surface area contributed by atoms with Crippen molar-refractivity contribution in [3.63, 3.8) is 0 Å². The molecule has 2 rings (SSSR count). The Bertz CT molecular complexity index is 442. The molecular weight excluding hydrogens is 228 g/mol. The van der Waals surface area contributed by atoms with E-state index >= 15 is 0 Å². The first-order valence-corrected chi connectivity index (χ1v) is 6.23. The van der Waals surface area contributed by atoms with Crippen LogP contribution in [0.15, 0.2) is 30.3 Å². The van der Waals surface area contributed by atoms with Crippen LogP contribution in [0, 0.1) is 5.92 Å². The molecule has 0 unspecified atom stereocenters. The van der Waals surface area contributed by atoms with Crippen molar-refractivity contribution < 1.29 is 9.59 Å². The summed E-state index contributed by atoms with van der Waals surface area (Å²) in [5.41, 5.74) is 0.964. The van der Waals surface area contributed by atoms with Crippen LogP contribution in [0.3, 0.4) is 0 Å². The topological polar surface area (TPSA) is 49.4 Å². The van der Waals surface area contributed by atoms with E-state index < -0.39 is 0 Å². The zero-order chi connectivity index (χ0) is 13.1. The summed E-state index contributed by atoms with van der Waals surface area (Å²) in [6, 6.07) is 8.90. The molecular formula is C14H18N2O2. The molecule has 1 N–H and O–H groups in total. The number of hydrogen-bond donors (Lipinski definition) is 1. The molecule has 1 saturated heterocycles. The van der Waals surface area contributed by atoms with Crippen molar-refractivity contribution >= 4 is 11.9 Å². The molecule has 96 valence electrons. The van der Waals surface area contributed by atoms with Crippen LogP contribution < -0.4 is 5.32 Å². The molecule has 1 aliphatic heterocycles. The predicted molar refractivity (Wildman–Crippen MR) is 68.8 cm³/mol. The zero-order valence-corrected chi connectivity index (χ0v) is 10.7. The van der Waals surface area contributed by atoms with Crippen molar-refractivity contribution in [2.75, 3.05) is 0 Å². The van der Waals surface area contributed by atoms with Gasteiger partial charge in [-0.2, -0.15) is 0 Å². The molecule has 3 amide bonds. The van der Waals surface area contributed by atoms with E-state index in [4.69, 9.17) is 0 Å². The summed E-state index contributed by atoms with van der Waals surface area (Å²) in [5, 5.41) is 2.74. The van der Waals surface area contributed by atoms with Gasteiger partial charge in [0, 0.05) is 0 Å². The van der Waals surface area contributed by atoms with E-state index in [1.165, 1.54) is 4.90 Å². The summed E-state index contributed by atoms with van der Waals surface area (Å²) in [7, 11) is 0. The first kappa shape index (κ1) is 12.6. The molecule has 1 aromatic rings. The molecule has 0 spiro atoms. The first-order chi connectivity index (χ1) is 8.58. The predicted octanol–water partition coefficient (Wildman–Crippen LogP) is 2.15. The maximum atomic E-state index is 12.1. The average Bonchev–Trinajstić information content (AvgIpc) is 2.58. The van der Waals surface area contributed by atoms with Crippen LogP contribution in [0.5, 0.6) is 0 Å². The number of carbonyl (C=O) groups excluding carboxylic acids is 2. The molecule has 4 nitrogen and oxygen atoms in total. The number of imide groups is 1. The van der Waals surface area contributed by atoms with Crippen molar-refractivity contribution in [2.24, 2.45) is 5.92 Å². The molecule has 18 heavy (non-hydrogen) atoms. The van der Waals surface area contributed by atoms with Crippen LogP contribution in [0.4, 0.5) is 4.79 Å². The van der Waals surface area contributed by atoms with Gasteiger partial charge in [0.25, 0.3) is 5.91 Å². The lowest BCUT2D eigenvalue weighted by Gasteiger charge is -2.13. The Hall–Kier alpha value is -1.84. The van der Waals surface area contributed by atoms with Gasteiger partial charge in [-0.25, -0.2) is 4.79 Å². The standard InChI is InChI=1S/C14H18N2O2/c1-10(2)8-12-13(17)16(14(18)15-12)9-11-6-4-3-5-7-11/h3-7,10,12H,8-9H2,1-2H3,(H,15,18)/t12-/m1/s1. The van der Waals surface area contributed by atoms with Gasteiger partial charge in [-0.15, -0.1) is 0 Å². The molecule has 1 fully saturated rings. The molecule has 1 aliphatic rings. The van der Waals surface area contributed by atoms with Crippen LogP contribution in [0.1, 0.15) is 25.8 Å². The van der Waals surface area contributed by atoms with E-state index in [-0.39, 0.29) is 18.0 Å². The number of urea groups is 1. The Morgan fingerprint density at radius 3 is 2.50 bits per heavy atom. The minimum absolute atomic E-state index is 0.113. The van der Waals surface area contributed by atoms with Crippen LogP contribution in [0.25, 0.3) is 0 Å². The van der Waals surface area contributed by atoms with Gasteiger partial charge < -0.3 is 5.32 Å². The van der Waals surface area contributed by atoms with Crippen LogP contribution in [-0.4, -0.2) is 22.9 Å². The molecule has 1 heterocycles. The highest BCUT2D eigenvalue weighted by Gasteiger charge is 2.37. The number of rotatable bonds is 4. The minimum Gasteiger partial charge on any atom is -0.326 e. The molecule has 0 bridgehead atoms. The number of nitrogens with zero attached hydrogens (tertiary/aromatic N) is 1. The third-order valence-corrected chi connectivity index (χ3v) is 3.00. The van der Waals surface area contributed by atoms with Crippen molar-refractivity contribution in [2.45, 2.75) is 32.9 Å². The minimum atomic E-state index is -0.360. The SMILES string of the molecule is CC(C)C[C@H]1NC(=O)N(Cc2ccccc2)C1=O. The normalized spacial score (nSPS) is 19.5. The van der Waals surface area contributed by atoms with Gasteiger partial charge in [0.1, 0.15) is 6.04 Å². The number of amides is 3. The summed E-state index contributed by atoms with van der Waals surface area (Å²) in [6.07, 6.45) is 0.690. The maximum Gasteiger partial charge on any atom is 0.325 e. The Labute approximate surface area is 107 Å². The van der Waals surface area contributed by atoms with Gasteiger partial charge in [-0.3, -0.25) is 9.69 Å². The number of nitrogens with one attached hydrogen (secondary N) is 1. The Balaban J connectivity index is 2.06. The monoisotopic (exact) mass is 246 g/mol. The Morgan fingerprint density at radius 2 is 1.89 bits per heavy atom. The van der Waals surface area contributed by atoms with Crippen molar-refractivity contribution in [3.05, 3.63) is 35.9 Å². The highest BCUT2D eigenvalue weighted by atomic mass is 16.2. The van der Waals surface area contributed by atoms with Gasteiger partial charge in [0.15, 0.2) is 0 Å². The van der Waals surface area contributed by atoms with E-state index in [2.05, 4.69) is 5.32 Å². The lowest BCUT2D eigenvalue weighted by Crippen LogP contribution is -2.31. The van der Waals surface area contributed by atoms with E-state index in [0.29, 0.717) is 18.9 Å². The van der Waals surface area contributed by atoms with E-state index in [1.807, 2.05) is 44.2 Å². The van der Waals surface area contributed by atoms with Crippen LogP contribution >= 0.6 is 0 Å². The van der Waals surface area contributed by atoms with Crippen LogP contribution in [-0.2, 0) is 11.3 Å². The third-order valence-electron chi connectivity index (χ3n) is 3.00. The quantitative estimate of drug-likeness (QED) is 0.828. The highest BCUT2D eigenvalue weighted by molar-refractivity contribution is 6.04. The lowest BCUT2D eigenvalue weighted by molar-refractivity contribution is -0.128. The fraction of sp³-hybridized carbons (Fsp3) is 0.429. The van der Waals surface area contributed by atoms with Gasteiger partial charge in [-0.1, -0.05) is 44.2 Å². The smallest absolute Gasteiger partial charge is 0.325 e. The van der Waals surface area contributed by atoms with Gasteiger partial charge >= 0.3 is 6.03 Å². The zero-order valence-electron chi connectivity index (χ0n) is 10.7. The molecule has 1 atom stereocenters. The fourth-order valence-corrected chi connectivity index (χ4v) is 2.12. The summed E-state index contributed by atoms with van der Waals surface area (Å²) in [6.45, 7) is 4.43. The fourth-order valence-electron chi connectivity index (χ4n) is 2.12. The van der Waals surface area contributed by atoms with E-state index in [1.54, 1.807) is 0 Å². The largest absolute Gasteiger partial charge is 0.326 e. The highest BCUT2D eigenvalue weighted by Crippen LogP contribution is 2.16.